The molecule has 0 saturated heterocycles. The van der Waals surface area contributed by atoms with Gasteiger partial charge in [0.1, 0.15) is 6.42 Å². The van der Waals surface area contributed by atoms with Crippen LogP contribution in [-0.2, 0) is 4.74 Å². The molecule has 0 radical (unpaired) electrons. The monoisotopic (exact) mass is 158 g/mol. The highest BCUT2D eigenvalue weighted by Gasteiger charge is 2.29. The average Bonchev–Trinajstić information content (AvgIpc) is 1.62. The van der Waals surface area contributed by atoms with E-state index >= 15 is 0 Å². The van der Waals surface area contributed by atoms with Gasteiger partial charge in [-0.2, -0.15) is 13.2 Å². The van der Waals surface area contributed by atoms with E-state index in [1.807, 2.05) is 0 Å². The third-order valence-corrected chi connectivity index (χ3v) is 0.883. The van der Waals surface area contributed by atoms with E-state index < -0.39 is 17.6 Å². The van der Waals surface area contributed by atoms with Crippen LogP contribution in [0.25, 0.3) is 0 Å². The highest BCUT2D eigenvalue weighted by molar-refractivity contribution is 7.80. The number of thiocarbonyl (C=S) groups is 1. The summed E-state index contributed by atoms with van der Waals surface area (Å²) < 4.78 is 38.1. The van der Waals surface area contributed by atoms with E-state index in [4.69, 9.17) is 0 Å². The third kappa shape index (κ3) is 5.55. The zero-order valence-electron chi connectivity index (χ0n) is 4.66. The molecule has 0 aromatic carbocycles. The molecule has 0 saturated carbocycles. The summed E-state index contributed by atoms with van der Waals surface area (Å²) in [5.74, 6) is 0. The Morgan fingerprint density at radius 3 is 2.11 bits per heavy atom. The van der Waals surface area contributed by atoms with Crippen LogP contribution < -0.4 is 0 Å². The van der Waals surface area contributed by atoms with Crippen LogP contribution in [0.5, 0.6) is 0 Å². The van der Waals surface area contributed by atoms with E-state index in [1.54, 1.807) is 0 Å². The first kappa shape index (κ1) is 8.68. The predicted octanol–water partition coefficient (Wildman–Crippen LogP) is 1.91. The lowest BCUT2D eigenvalue weighted by Gasteiger charge is -2.04. The topological polar surface area (TPSA) is 9.23 Å². The fraction of sp³-hybridized carbons (Fsp3) is 0.750. The van der Waals surface area contributed by atoms with Crippen LogP contribution in [0.3, 0.4) is 0 Å². The molecule has 0 rings (SSSR count). The molecule has 0 spiro atoms. The van der Waals surface area contributed by atoms with Crippen molar-refractivity contribution in [1.29, 1.82) is 0 Å². The van der Waals surface area contributed by atoms with Gasteiger partial charge in [0.05, 0.1) is 7.11 Å². The van der Waals surface area contributed by atoms with Gasteiger partial charge in [0, 0.05) is 0 Å². The molecule has 0 unspecified atom stereocenters. The van der Waals surface area contributed by atoms with Crippen LogP contribution >= 0.6 is 12.2 Å². The fourth-order valence-corrected chi connectivity index (χ4v) is 0.399. The van der Waals surface area contributed by atoms with Crippen LogP contribution in [0.15, 0.2) is 0 Å². The molecule has 0 amide bonds. The molecule has 0 aliphatic heterocycles. The van der Waals surface area contributed by atoms with Crippen molar-refractivity contribution in [2.24, 2.45) is 0 Å². The number of rotatable bonds is 1. The molecule has 0 aromatic heterocycles. The standard InChI is InChI=1S/C4H5F3OS/c1-8-3(9)2-4(5,6)7/h2H2,1H3. The summed E-state index contributed by atoms with van der Waals surface area (Å²) in [6.07, 6.45) is -5.38. The molecular weight excluding hydrogens is 153 g/mol. The smallest absolute Gasteiger partial charge is 0.396 e. The molecule has 0 fully saturated rings. The maximum Gasteiger partial charge on any atom is 0.396 e. The highest BCUT2D eigenvalue weighted by Crippen LogP contribution is 2.20. The number of ether oxygens (including phenoxy) is 1. The Hall–Kier alpha value is -0.320. The number of hydrogen-bond donors (Lipinski definition) is 0. The van der Waals surface area contributed by atoms with Gasteiger partial charge in [-0.1, -0.05) is 0 Å². The Balaban J connectivity index is 3.60. The summed E-state index contributed by atoms with van der Waals surface area (Å²) in [6, 6.07) is 0. The van der Waals surface area contributed by atoms with E-state index in [2.05, 4.69) is 17.0 Å². The number of hydrogen-bond acceptors (Lipinski definition) is 2. The fourth-order valence-electron chi connectivity index (χ4n) is 0.236. The van der Waals surface area contributed by atoms with Crippen molar-refractivity contribution in [2.45, 2.75) is 12.6 Å². The van der Waals surface area contributed by atoms with Crippen molar-refractivity contribution in [1.82, 2.24) is 0 Å². The zero-order chi connectivity index (χ0) is 7.49. The Morgan fingerprint density at radius 1 is 1.56 bits per heavy atom. The SMILES string of the molecule is COC(=S)CC(F)(F)F. The van der Waals surface area contributed by atoms with Crippen molar-refractivity contribution in [3.8, 4) is 0 Å². The predicted molar refractivity (Wildman–Crippen MR) is 30.3 cm³/mol. The highest BCUT2D eigenvalue weighted by atomic mass is 32.1. The normalized spacial score (nSPS) is 11.1. The van der Waals surface area contributed by atoms with E-state index in [1.165, 1.54) is 0 Å². The lowest BCUT2D eigenvalue weighted by molar-refractivity contribution is -0.123. The second-order valence-electron chi connectivity index (χ2n) is 1.37. The Bertz CT molecular complexity index is 109. The summed E-state index contributed by atoms with van der Waals surface area (Å²) in [4.78, 5) is 0. The van der Waals surface area contributed by atoms with E-state index in [0.29, 0.717) is 0 Å². The number of halogens is 3. The van der Waals surface area contributed by atoms with Crippen molar-refractivity contribution in [3.05, 3.63) is 0 Å². The van der Waals surface area contributed by atoms with Gasteiger partial charge in [-0.25, -0.2) is 0 Å². The van der Waals surface area contributed by atoms with Crippen LogP contribution in [0.2, 0.25) is 0 Å². The second kappa shape index (κ2) is 3.00. The zero-order valence-corrected chi connectivity index (χ0v) is 5.47. The van der Waals surface area contributed by atoms with Crippen molar-refractivity contribution < 1.29 is 17.9 Å². The molecule has 0 atom stereocenters. The van der Waals surface area contributed by atoms with Crippen LogP contribution in [-0.4, -0.2) is 18.3 Å². The first-order chi connectivity index (χ1) is 3.95. The van der Waals surface area contributed by atoms with Gasteiger partial charge in [-0.3, -0.25) is 0 Å². The van der Waals surface area contributed by atoms with Gasteiger partial charge in [0.2, 0.25) is 0 Å². The summed E-state index contributed by atoms with van der Waals surface area (Å²) in [7, 11) is 1.12. The van der Waals surface area contributed by atoms with Crippen molar-refractivity contribution in [2.75, 3.05) is 7.11 Å². The Morgan fingerprint density at radius 2 is 2.00 bits per heavy atom. The number of methoxy groups -OCH3 is 1. The van der Waals surface area contributed by atoms with Crippen LogP contribution in [0.1, 0.15) is 6.42 Å². The van der Waals surface area contributed by atoms with Crippen LogP contribution in [0, 0.1) is 0 Å². The minimum absolute atomic E-state index is 0.428. The van der Waals surface area contributed by atoms with E-state index in [-0.39, 0.29) is 0 Å². The summed E-state index contributed by atoms with van der Waals surface area (Å²) in [5.41, 5.74) is 0. The summed E-state index contributed by atoms with van der Waals surface area (Å²) in [6.45, 7) is 0. The molecule has 54 valence electrons. The van der Waals surface area contributed by atoms with Gasteiger partial charge in [-0.15, -0.1) is 0 Å². The maximum absolute atomic E-state index is 11.3. The largest absolute Gasteiger partial charge is 0.490 e. The van der Waals surface area contributed by atoms with Gasteiger partial charge in [0.25, 0.3) is 0 Å². The van der Waals surface area contributed by atoms with Gasteiger partial charge in [-0.05, 0) is 12.2 Å². The molecule has 0 bridgehead atoms. The lowest BCUT2D eigenvalue weighted by atomic mass is 10.4. The molecule has 0 aromatic rings. The molecule has 0 N–H and O–H groups in total. The third-order valence-electron chi connectivity index (χ3n) is 0.572. The molecule has 0 heterocycles. The maximum atomic E-state index is 11.3. The van der Waals surface area contributed by atoms with Crippen molar-refractivity contribution >= 4 is 17.3 Å². The molecular formula is C4H5F3OS. The molecule has 0 aliphatic carbocycles. The first-order valence-electron chi connectivity index (χ1n) is 2.09. The Labute approximate surface area is 55.8 Å². The molecule has 1 nitrogen and oxygen atoms in total. The van der Waals surface area contributed by atoms with Gasteiger partial charge >= 0.3 is 6.18 Å². The van der Waals surface area contributed by atoms with E-state index in [0.717, 1.165) is 7.11 Å². The minimum atomic E-state index is -4.24. The summed E-state index contributed by atoms with van der Waals surface area (Å²) >= 11 is 4.16. The number of alkyl halides is 3. The average molecular weight is 158 g/mol. The Kier molecular flexibility index (Phi) is 2.90. The summed E-state index contributed by atoms with van der Waals surface area (Å²) in [5, 5.41) is -0.428. The van der Waals surface area contributed by atoms with Gasteiger partial charge < -0.3 is 4.74 Å². The first-order valence-corrected chi connectivity index (χ1v) is 2.50. The molecule has 5 heteroatoms. The van der Waals surface area contributed by atoms with Crippen molar-refractivity contribution in [3.63, 3.8) is 0 Å². The lowest BCUT2D eigenvalue weighted by Crippen LogP contribution is -2.14. The van der Waals surface area contributed by atoms with Crippen LogP contribution in [0.4, 0.5) is 13.2 Å². The molecule has 0 aliphatic rings. The second-order valence-corrected chi connectivity index (χ2v) is 1.82. The minimum Gasteiger partial charge on any atom is -0.490 e. The van der Waals surface area contributed by atoms with Gasteiger partial charge in [0.15, 0.2) is 5.05 Å². The quantitative estimate of drug-likeness (QED) is 0.539. The van der Waals surface area contributed by atoms with E-state index in [9.17, 15) is 13.2 Å². The molecule has 9 heavy (non-hydrogen) atoms.